The van der Waals surface area contributed by atoms with E-state index in [1.807, 2.05) is 26.8 Å². The summed E-state index contributed by atoms with van der Waals surface area (Å²) in [5, 5.41) is 3.02. The standard InChI is InChI=1S/C19H31N3O3S/c1-5-6-17(4)20-19(23)14-21-9-11-22(12-10-21)26(24,25)18-8-7-15(2)16(3)13-18/h7-8,13,17H,5-6,9-12,14H2,1-4H3,(H,20,23)/p+1/t17-/m0/s1. The van der Waals surface area contributed by atoms with Gasteiger partial charge in [-0.3, -0.25) is 4.79 Å². The Morgan fingerprint density at radius 3 is 2.46 bits per heavy atom. The van der Waals surface area contributed by atoms with Crippen molar-refractivity contribution in [3.63, 3.8) is 0 Å². The fourth-order valence-corrected chi connectivity index (χ4v) is 4.83. The number of piperazine rings is 1. The molecule has 0 spiro atoms. The van der Waals surface area contributed by atoms with Crippen LogP contribution in [0.1, 0.15) is 37.8 Å². The highest BCUT2D eigenvalue weighted by Gasteiger charge is 2.31. The molecule has 7 heteroatoms. The monoisotopic (exact) mass is 382 g/mol. The highest BCUT2D eigenvalue weighted by atomic mass is 32.2. The SMILES string of the molecule is CCC[C@H](C)NC(=O)C[NH+]1CCN(S(=O)(=O)c2ccc(C)c(C)c2)CC1. The van der Waals surface area contributed by atoms with E-state index in [0.717, 1.165) is 28.9 Å². The van der Waals surface area contributed by atoms with Crippen LogP contribution in [0.25, 0.3) is 0 Å². The van der Waals surface area contributed by atoms with E-state index in [1.54, 1.807) is 12.1 Å². The predicted molar refractivity (Wildman–Crippen MR) is 103 cm³/mol. The van der Waals surface area contributed by atoms with Crippen LogP contribution in [0.4, 0.5) is 0 Å². The zero-order valence-corrected chi connectivity index (χ0v) is 17.2. The second-order valence-corrected chi connectivity index (χ2v) is 9.27. The molecular weight excluding hydrogens is 350 g/mol. The van der Waals surface area contributed by atoms with E-state index in [1.165, 1.54) is 4.31 Å². The van der Waals surface area contributed by atoms with Crippen molar-refractivity contribution < 1.29 is 18.1 Å². The van der Waals surface area contributed by atoms with Gasteiger partial charge in [-0.15, -0.1) is 0 Å². The molecule has 0 saturated carbocycles. The van der Waals surface area contributed by atoms with Crippen LogP contribution in [0, 0.1) is 13.8 Å². The van der Waals surface area contributed by atoms with Crippen LogP contribution in [-0.2, 0) is 14.8 Å². The Morgan fingerprint density at radius 2 is 1.88 bits per heavy atom. The molecule has 1 heterocycles. The van der Waals surface area contributed by atoms with Gasteiger partial charge >= 0.3 is 0 Å². The maximum Gasteiger partial charge on any atom is 0.275 e. The van der Waals surface area contributed by atoms with E-state index in [2.05, 4.69) is 12.2 Å². The molecule has 0 radical (unpaired) electrons. The van der Waals surface area contributed by atoms with E-state index in [9.17, 15) is 13.2 Å². The number of nitrogens with one attached hydrogen (secondary N) is 2. The average Bonchev–Trinajstić information content (AvgIpc) is 2.57. The third-order valence-corrected chi connectivity index (χ3v) is 6.98. The zero-order valence-electron chi connectivity index (χ0n) is 16.3. The van der Waals surface area contributed by atoms with E-state index >= 15 is 0 Å². The molecule has 1 amide bonds. The first-order valence-corrected chi connectivity index (χ1v) is 10.9. The molecule has 1 aromatic rings. The quantitative estimate of drug-likeness (QED) is 0.721. The molecule has 1 fully saturated rings. The molecule has 1 aliphatic rings. The first kappa shape index (κ1) is 20.9. The fraction of sp³-hybridized carbons (Fsp3) is 0.632. The van der Waals surface area contributed by atoms with Crippen LogP contribution >= 0.6 is 0 Å². The number of nitrogens with zero attached hydrogens (tertiary/aromatic N) is 1. The van der Waals surface area contributed by atoms with Gasteiger partial charge in [0.05, 0.1) is 31.1 Å². The van der Waals surface area contributed by atoms with E-state index in [4.69, 9.17) is 0 Å². The molecule has 1 saturated heterocycles. The van der Waals surface area contributed by atoms with Gasteiger partial charge in [-0.25, -0.2) is 8.42 Å². The van der Waals surface area contributed by atoms with Gasteiger partial charge < -0.3 is 10.2 Å². The Hall–Kier alpha value is -1.44. The summed E-state index contributed by atoms with van der Waals surface area (Å²) >= 11 is 0. The van der Waals surface area contributed by atoms with Crippen LogP contribution in [0.2, 0.25) is 0 Å². The molecule has 0 bridgehead atoms. The zero-order chi connectivity index (χ0) is 19.3. The van der Waals surface area contributed by atoms with Crippen LogP contribution in [0.5, 0.6) is 0 Å². The molecule has 0 unspecified atom stereocenters. The van der Waals surface area contributed by atoms with Gasteiger partial charge in [-0.2, -0.15) is 4.31 Å². The van der Waals surface area contributed by atoms with Gasteiger partial charge in [0.2, 0.25) is 10.0 Å². The van der Waals surface area contributed by atoms with Crippen molar-refractivity contribution in [2.45, 2.75) is 51.5 Å². The van der Waals surface area contributed by atoms with Crippen LogP contribution in [-0.4, -0.2) is 57.4 Å². The smallest absolute Gasteiger partial charge is 0.275 e. The summed E-state index contributed by atoms with van der Waals surface area (Å²) in [6.45, 7) is 10.6. The number of carbonyl (C=O) groups excluding carboxylic acids is 1. The first-order valence-electron chi connectivity index (χ1n) is 9.44. The number of hydrogen-bond acceptors (Lipinski definition) is 3. The first-order chi connectivity index (χ1) is 12.2. The van der Waals surface area contributed by atoms with Crippen molar-refractivity contribution in [1.82, 2.24) is 9.62 Å². The Balaban J connectivity index is 1.91. The summed E-state index contributed by atoms with van der Waals surface area (Å²) in [5.74, 6) is 0.0476. The Bertz CT molecular complexity index is 726. The van der Waals surface area contributed by atoms with Crippen molar-refractivity contribution in [2.24, 2.45) is 0 Å². The van der Waals surface area contributed by atoms with E-state index in [0.29, 0.717) is 37.6 Å². The molecule has 1 aromatic carbocycles. The van der Waals surface area contributed by atoms with Gasteiger partial charge in [-0.05, 0) is 50.5 Å². The average molecular weight is 383 g/mol. The van der Waals surface area contributed by atoms with Gasteiger partial charge in [0.15, 0.2) is 6.54 Å². The number of quaternary nitrogens is 1. The van der Waals surface area contributed by atoms with Crippen LogP contribution < -0.4 is 10.2 Å². The molecule has 6 nitrogen and oxygen atoms in total. The second kappa shape index (κ2) is 8.97. The van der Waals surface area contributed by atoms with Crippen molar-refractivity contribution in [3.8, 4) is 0 Å². The summed E-state index contributed by atoms with van der Waals surface area (Å²) in [4.78, 5) is 13.6. The normalized spacial score (nSPS) is 17.8. The minimum Gasteiger partial charge on any atom is -0.349 e. The van der Waals surface area contributed by atoms with Crippen LogP contribution in [0.3, 0.4) is 0 Å². The lowest BCUT2D eigenvalue weighted by Crippen LogP contribution is -3.15. The minimum absolute atomic E-state index is 0.0476. The minimum atomic E-state index is -3.46. The molecule has 1 atom stereocenters. The van der Waals surface area contributed by atoms with E-state index in [-0.39, 0.29) is 11.9 Å². The molecule has 0 aliphatic carbocycles. The summed E-state index contributed by atoms with van der Waals surface area (Å²) in [7, 11) is -3.46. The lowest BCUT2D eigenvalue weighted by atomic mass is 10.1. The summed E-state index contributed by atoms with van der Waals surface area (Å²) in [6.07, 6.45) is 2.02. The maximum atomic E-state index is 12.8. The fourth-order valence-electron chi connectivity index (χ4n) is 3.30. The number of carbonyl (C=O) groups is 1. The predicted octanol–water partition coefficient (Wildman–Crippen LogP) is 0.497. The maximum absolute atomic E-state index is 12.8. The van der Waals surface area contributed by atoms with Crippen LogP contribution in [0.15, 0.2) is 23.1 Å². The lowest BCUT2D eigenvalue weighted by molar-refractivity contribution is -0.895. The van der Waals surface area contributed by atoms with Crippen molar-refractivity contribution in [1.29, 1.82) is 0 Å². The molecular formula is C19H32N3O3S+. The molecule has 2 rings (SSSR count). The number of benzene rings is 1. The molecule has 26 heavy (non-hydrogen) atoms. The molecule has 1 aliphatic heterocycles. The highest BCUT2D eigenvalue weighted by molar-refractivity contribution is 7.89. The Morgan fingerprint density at radius 1 is 1.23 bits per heavy atom. The highest BCUT2D eigenvalue weighted by Crippen LogP contribution is 2.19. The molecule has 2 N–H and O–H groups in total. The second-order valence-electron chi connectivity index (χ2n) is 7.33. The van der Waals surface area contributed by atoms with E-state index < -0.39 is 10.0 Å². The lowest BCUT2D eigenvalue weighted by Gasteiger charge is -2.31. The number of aryl methyl sites for hydroxylation is 2. The Labute approximate surface area is 157 Å². The van der Waals surface area contributed by atoms with Gasteiger partial charge in [-0.1, -0.05) is 19.4 Å². The molecule has 146 valence electrons. The molecule has 0 aromatic heterocycles. The third kappa shape index (κ3) is 5.28. The topological polar surface area (TPSA) is 70.9 Å². The van der Waals surface area contributed by atoms with Gasteiger partial charge in [0.1, 0.15) is 0 Å². The van der Waals surface area contributed by atoms with Crippen molar-refractivity contribution in [3.05, 3.63) is 29.3 Å². The van der Waals surface area contributed by atoms with Crippen molar-refractivity contribution >= 4 is 15.9 Å². The summed E-state index contributed by atoms with van der Waals surface area (Å²) < 4.78 is 27.2. The van der Waals surface area contributed by atoms with Crippen molar-refractivity contribution in [2.75, 3.05) is 32.7 Å². The number of sulfonamides is 1. The summed E-state index contributed by atoms with van der Waals surface area (Å²) in [5.41, 5.74) is 2.06. The number of hydrogen-bond donors (Lipinski definition) is 2. The summed E-state index contributed by atoms with van der Waals surface area (Å²) in [6, 6.07) is 5.47. The number of rotatable bonds is 7. The third-order valence-electron chi connectivity index (χ3n) is 5.09. The van der Waals surface area contributed by atoms with Gasteiger partial charge in [0.25, 0.3) is 5.91 Å². The largest absolute Gasteiger partial charge is 0.349 e. The van der Waals surface area contributed by atoms with Gasteiger partial charge in [0, 0.05) is 6.04 Å². The Kier molecular flexibility index (Phi) is 7.20. The number of amides is 1.